The maximum absolute atomic E-state index is 12.7. The van der Waals surface area contributed by atoms with Gasteiger partial charge >= 0.3 is 0 Å². The molecule has 1 aliphatic rings. The number of imidazole rings is 1. The van der Waals surface area contributed by atoms with Crippen LogP contribution in [0.2, 0.25) is 0 Å². The molecule has 23 heavy (non-hydrogen) atoms. The molecule has 1 amide bonds. The molecule has 0 bridgehead atoms. The van der Waals surface area contributed by atoms with Crippen LogP contribution in [0.5, 0.6) is 0 Å². The van der Waals surface area contributed by atoms with Gasteiger partial charge in [0.1, 0.15) is 0 Å². The molecule has 1 saturated heterocycles. The molecular weight excluding hydrogens is 310 g/mol. The van der Waals surface area contributed by atoms with E-state index in [0.29, 0.717) is 17.1 Å². The standard InChI is InChI=1S/C16H17N5OS/c1-10-8-23-14(20-10)4-11-2-3-21(7-11)16(22)12-5-13-15(17-6-12)19-9-18-13/h5-6,8-9,11H,2-4,7H2,1H3,(H,17,18,19). The van der Waals surface area contributed by atoms with Crippen molar-refractivity contribution in [2.45, 2.75) is 19.8 Å². The molecule has 0 radical (unpaired) electrons. The third-order valence-electron chi connectivity index (χ3n) is 4.22. The van der Waals surface area contributed by atoms with Crippen LogP contribution in [-0.2, 0) is 6.42 Å². The molecule has 0 aliphatic carbocycles. The normalized spacial score (nSPS) is 18.0. The summed E-state index contributed by atoms with van der Waals surface area (Å²) in [6.45, 7) is 3.61. The molecule has 6 nitrogen and oxygen atoms in total. The van der Waals surface area contributed by atoms with Gasteiger partial charge in [0.05, 0.1) is 22.4 Å². The molecule has 0 aromatic carbocycles. The number of hydrogen-bond donors (Lipinski definition) is 1. The minimum atomic E-state index is 0.0480. The van der Waals surface area contributed by atoms with E-state index in [1.54, 1.807) is 23.9 Å². The maximum Gasteiger partial charge on any atom is 0.255 e. The number of pyridine rings is 1. The molecule has 1 aliphatic heterocycles. The summed E-state index contributed by atoms with van der Waals surface area (Å²) in [6, 6.07) is 1.83. The molecule has 3 aromatic heterocycles. The van der Waals surface area contributed by atoms with E-state index in [1.165, 1.54) is 5.01 Å². The third kappa shape index (κ3) is 2.84. The number of aryl methyl sites for hydroxylation is 1. The Kier molecular flexibility index (Phi) is 3.57. The number of carbonyl (C=O) groups is 1. The van der Waals surface area contributed by atoms with E-state index < -0.39 is 0 Å². The first kappa shape index (κ1) is 14.3. The predicted molar refractivity (Wildman–Crippen MR) is 88.5 cm³/mol. The Bertz CT molecular complexity index is 855. The summed E-state index contributed by atoms with van der Waals surface area (Å²) in [5, 5.41) is 3.25. The number of likely N-dealkylation sites (tertiary alicyclic amines) is 1. The van der Waals surface area contributed by atoms with Crippen LogP contribution < -0.4 is 0 Å². The molecule has 1 fully saturated rings. The molecule has 3 aromatic rings. The second-order valence-electron chi connectivity index (χ2n) is 5.99. The Balaban J connectivity index is 1.45. The Labute approximate surface area is 137 Å². The summed E-state index contributed by atoms with van der Waals surface area (Å²) in [7, 11) is 0. The first-order valence-corrected chi connectivity index (χ1v) is 8.56. The SMILES string of the molecule is Cc1csc(CC2CCN(C(=O)c3cnc4nc[nH]c4c3)C2)n1. The van der Waals surface area contributed by atoms with Crippen molar-refractivity contribution in [3.8, 4) is 0 Å². The molecule has 1 atom stereocenters. The highest BCUT2D eigenvalue weighted by atomic mass is 32.1. The van der Waals surface area contributed by atoms with E-state index in [9.17, 15) is 4.79 Å². The Hall–Kier alpha value is -2.28. The highest BCUT2D eigenvalue weighted by Crippen LogP contribution is 2.24. The van der Waals surface area contributed by atoms with E-state index in [0.717, 1.165) is 37.1 Å². The second kappa shape index (κ2) is 5.73. The van der Waals surface area contributed by atoms with E-state index in [2.05, 4.69) is 25.3 Å². The lowest BCUT2D eigenvalue weighted by Gasteiger charge is -2.16. The van der Waals surface area contributed by atoms with Gasteiger partial charge in [-0.25, -0.2) is 15.0 Å². The Morgan fingerprint density at radius 1 is 1.48 bits per heavy atom. The van der Waals surface area contributed by atoms with Crippen LogP contribution in [-0.4, -0.2) is 43.8 Å². The van der Waals surface area contributed by atoms with Gasteiger partial charge in [0, 0.05) is 36.8 Å². The highest BCUT2D eigenvalue weighted by Gasteiger charge is 2.28. The lowest BCUT2D eigenvalue weighted by atomic mass is 10.1. The third-order valence-corrected chi connectivity index (χ3v) is 5.21. The number of rotatable bonds is 3. The topological polar surface area (TPSA) is 74.8 Å². The average Bonchev–Trinajstić information content (AvgIpc) is 3.27. The fourth-order valence-corrected chi connectivity index (χ4v) is 3.94. The van der Waals surface area contributed by atoms with Crippen molar-refractivity contribution in [1.82, 2.24) is 24.8 Å². The lowest BCUT2D eigenvalue weighted by molar-refractivity contribution is 0.0787. The van der Waals surface area contributed by atoms with Crippen molar-refractivity contribution in [3.63, 3.8) is 0 Å². The van der Waals surface area contributed by atoms with E-state index >= 15 is 0 Å². The number of aromatic amines is 1. The van der Waals surface area contributed by atoms with Crippen molar-refractivity contribution in [2.75, 3.05) is 13.1 Å². The minimum absolute atomic E-state index is 0.0480. The molecule has 118 valence electrons. The van der Waals surface area contributed by atoms with Crippen LogP contribution in [0.1, 0.15) is 27.5 Å². The fraction of sp³-hybridized carbons (Fsp3) is 0.375. The quantitative estimate of drug-likeness (QED) is 0.802. The van der Waals surface area contributed by atoms with Gasteiger partial charge in [0.2, 0.25) is 0 Å². The molecule has 0 spiro atoms. The number of nitrogens with zero attached hydrogens (tertiary/aromatic N) is 4. The first-order chi connectivity index (χ1) is 11.2. The zero-order valence-corrected chi connectivity index (χ0v) is 13.6. The summed E-state index contributed by atoms with van der Waals surface area (Å²) in [5.41, 5.74) is 3.13. The van der Waals surface area contributed by atoms with Gasteiger partial charge in [-0.1, -0.05) is 0 Å². The highest BCUT2D eigenvalue weighted by molar-refractivity contribution is 7.09. The fourth-order valence-electron chi connectivity index (χ4n) is 3.06. The minimum Gasteiger partial charge on any atom is -0.343 e. The van der Waals surface area contributed by atoms with Crippen molar-refractivity contribution < 1.29 is 4.79 Å². The average molecular weight is 327 g/mol. The van der Waals surface area contributed by atoms with Crippen LogP contribution in [0.25, 0.3) is 11.2 Å². The van der Waals surface area contributed by atoms with E-state index in [1.807, 2.05) is 17.9 Å². The monoisotopic (exact) mass is 327 g/mol. The van der Waals surface area contributed by atoms with Crippen molar-refractivity contribution in [1.29, 1.82) is 0 Å². The molecule has 7 heteroatoms. The zero-order valence-electron chi connectivity index (χ0n) is 12.8. The lowest BCUT2D eigenvalue weighted by Crippen LogP contribution is -2.29. The van der Waals surface area contributed by atoms with Gasteiger partial charge in [-0.3, -0.25) is 4.79 Å². The molecule has 1 unspecified atom stereocenters. The summed E-state index contributed by atoms with van der Waals surface area (Å²) < 4.78 is 0. The number of fused-ring (bicyclic) bond motifs is 1. The van der Waals surface area contributed by atoms with Gasteiger partial charge in [-0.05, 0) is 25.3 Å². The smallest absolute Gasteiger partial charge is 0.255 e. The Morgan fingerprint density at radius 3 is 3.22 bits per heavy atom. The number of nitrogens with one attached hydrogen (secondary N) is 1. The molecule has 1 N–H and O–H groups in total. The van der Waals surface area contributed by atoms with Crippen molar-refractivity contribution in [3.05, 3.63) is 40.2 Å². The zero-order chi connectivity index (χ0) is 15.8. The van der Waals surface area contributed by atoms with Gasteiger partial charge in [0.15, 0.2) is 5.65 Å². The van der Waals surface area contributed by atoms with E-state index in [4.69, 9.17) is 0 Å². The van der Waals surface area contributed by atoms with Gasteiger partial charge < -0.3 is 9.88 Å². The summed E-state index contributed by atoms with van der Waals surface area (Å²) >= 11 is 1.71. The molecule has 4 rings (SSSR count). The van der Waals surface area contributed by atoms with Crippen LogP contribution in [0.3, 0.4) is 0 Å². The summed E-state index contributed by atoms with van der Waals surface area (Å²) in [6.07, 6.45) is 5.20. The summed E-state index contributed by atoms with van der Waals surface area (Å²) in [4.78, 5) is 30.4. The maximum atomic E-state index is 12.7. The number of aromatic nitrogens is 4. The van der Waals surface area contributed by atoms with E-state index in [-0.39, 0.29) is 5.91 Å². The van der Waals surface area contributed by atoms with Crippen molar-refractivity contribution in [2.24, 2.45) is 5.92 Å². The summed E-state index contributed by atoms with van der Waals surface area (Å²) in [5.74, 6) is 0.542. The van der Waals surface area contributed by atoms with Gasteiger partial charge in [-0.2, -0.15) is 0 Å². The molecular formula is C16H17N5OS. The number of hydrogen-bond acceptors (Lipinski definition) is 5. The number of carbonyl (C=O) groups excluding carboxylic acids is 1. The number of amides is 1. The predicted octanol–water partition coefficient (Wildman–Crippen LogP) is 2.43. The molecule has 0 saturated carbocycles. The second-order valence-corrected chi connectivity index (χ2v) is 6.93. The van der Waals surface area contributed by atoms with Crippen LogP contribution >= 0.6 is 11.3 Å². The van der Waals surface area contributed by atoms with Crippen LogP contribution in [0.15, 0.2) is 24.0 Å². The van der Waals surface area contributed by atoms with Gasteiger partial charge in [0.25, 0.3) is 5.91 Å². The van der Waals surface area contributed by atoms with Crippen LogP contribution in [0, 0.1) is 12.8 Å². The van der Waals surface area contributed by atoms with Crippen molar-refractivity contribution >= 4 is 28.4 Å². The number of thiazole rings is 1. The number of H-pyrrole nitrogens is 1. The Morgan fingerprint density at radius 2 is 2.39 bits per heavy atom. The molecule has 4 heterocycles. The van der Waals surface area contributed by atoms with Crippen LogP contribution in [0.4, 0.5) is 0 Å². The first-order valence-electron chi connectivity index (χ1n) is 7.68. The largest absolute Gasteiger partial charge is 0.343 e. The van der Waals surface area contributed by atoms with Gasteiger partial charge in [-0.15, -0.1) is 11.3 Å².